The third-order valence-electron chi connectivity index (χ3n) is 3.44. The van der Waals surface area contributed by atoms with Crippen LogP contribution in [0.4, 0.5) is 0 Å². The molecule has 1 rings (SSSR count). The monoisotopic (exact) mass is 242 g/mol. The van der Waals surface area contributed by atoms with E-state index in [1.807, 2.05) is 0 Å². The Morgan fingerprint density at radius 3 is 2.12 bits per heavy atom. The smallest absolute Gasteiger partial charge is 0.0602 e. The van der Waals surface area contributed by atoms with E-state index in [0.29, 0.717) is 17.9 Å². The number of aliphatic hydroxyl groups excluding tert-OH is 1. The molecule has 0 aromatic heterocycles. The van der Waals surface area contributed by atoms with Crippen molar-refractivity contribution in [3.8, 4) is 0 Å². The molecular weight excluding hydrogens is 212 g/mol. The Hall–Kier alpha value is -0.120. The van der Waals surface area contributed by atoms with Crippen molar-refractivity contribution in [2.45, 2.75) is 65.1 Å². The summed E-state index contributed by atoms with van der Waals surface area (Å²) in [5, 5.41) is 9.65. The van der Waals surface area contributed by atoms with Crippen molar-refractivity contribution < 1.29 is 5.11 Å². The maximum atomic E-state index is 9.65. The maximum Gasteiger partial charge on any atom is 0.0602 e. The minimum Gasteiger partial charge on any atom is -0.395 e. The maximum absolute atomic E-state index is 9.65. The summed E-state index contributed by atoms with van der Waals surface area (Å²) in [6.45, 7) is 10.1. The molecule has 2 atom stereocenters. The van der Waals surface area contributed by atoms with E-state index in [4.69, 9.17) is 5.73 Å². The second-order valence-electron chi connectivity index (χ2n) is 6.37. The van der Waals surface area contributed by atoms with E-state index in [9.17, 15) is 5.11 Å². The number of aliphatic hydroxyl groups is 1. The van der Waals surface area contributed by atoms with Crippen molar-refractivity contribution in [3.63, 3.8) is 0 Å². The van der Waals surface area contributed by atoms with Gasteiger partial charge >= 0.3 is 0 Å². The molecule has 0 bridgehead atoms. The number of rotatable bonds is 8. The zero-order valence-electron chi connectivity index (χ0n) is 11.9. The Kier molecular flexibility index (Phi) is 5.90. The van der Waals surface area contributed by atoms with Gasteiger partial charge in [-0.25, -0.2) is 0 Å². The molecule has 0 saturated heterocycles. The van der Waals surface area contributed by atoms with Crippen LogP contribution >= 0.6 is 0 Å². The molecule has 17 heavy (non-hydrogen) atoms. The lowest BCUT2D eigenvalue weighted by Gasteiger charge is -2.36. The summed E-state index contributed by atoms with van der Waals surface area (Å²) in [4.78, 5) is 2.46. The molecule has 102 valence electrons. The highest BCUT2D eigenvalue weighted by Crippen LogP contribution is 2.30. The summed E-state index contributed by atoms with van der Waals surface area (Å²) in [7, 11) is 0. The van der Waals surface area contributed by atoms with Crippen LogP contribution < -0.4 is 5.73 Å². The SMILES string of the molecule is CC(C)CC(N)C(CO)N(CC(C)C)C1CC1. The van der Waals surface area contributed by atoms with E-state index in [2.05, 4.69) is 32.6 Å². The fraction of sp³-hybridized carbons (Fsp3) is 1.00. The van der Waals surface area contributed by atoms with E-state index >= 15 is 0 Å². The van der Waals surface area contributed by atoms with Crippen LogP contribution in [0.25, 0.3) is 0 Å². The Labute approximate surface area is 106 Å². The van der Waals surface area contributed by atoms with Crippen molar-refractivity contribution in [1.82, 2.24) is 4.90 Å². The predicted octanol–water partition coefficient (Wildman–Crippen LogP) is 1.84. The third-order valence-corrected chi connectivity index (χ3v) is 3.44. The lowest BCUT2D eigenvalue weighted by Crippen LogP contribution is -2.52. The largest absolute Gasteiger partial charge is 0.395 e. The summed E-state index contributed by atoms with van der Waals surface area (Å²) in [6, 6.07) is 0.916. The molecule has 0 spiro atoms. The summed E-state index contributed by atoms with van der Waals surface area (Å²) in [6.07, 6.45) is 3.54. The molecule has 1 aliphatic rings. The van der Waals surface area contributed by atoms with Gasteiger partial charge in [-0.05, 0) is 31.1 Å². The fourth-order valence-corrected chi connectivity index (χ4v) is 2.57. The van der Waals surface area contributed by atoms with Gasteiger partial charge in [0.1, 0.15) is 0 Å². The average Bonchev–Trinajstić information content (AvgIpc) is 2.98. The minimum absolute atomic E-state index is 0.0966. The van der Waals surface area contributed by atoms with Crippen molar-refractivity contribution >= 4 is 0 Å². The van der Waals surface area contributed by atoms with E-state index in [-0.39, 0.29) is 18.7 Å². The standard InChI is InChI=1S/C14H30N2O/c1-10(2)7-13(15)14(9-17)16(8-11(3)4)12-5-6-12/h10-14,17H,5-9,15H2,1-4H3. The Bertz CT molecular complexity index is 214. The highest BCUT2D eigenvalue weighted by atomic mass is 16.3. The minimum atomic E-state index is 0.0966. The normalized spacial score (nSPS) is 20.3. The van der Waals surface area contributed by atoms with Gasteiger partial charge in [0.05, 0.1) is 6.61 Å². The summed E-state index contributed by atoms with van der Waals surface area (Å²) >= 11 is 0. The number of hydrogen-bond acceptors (Lipinski definition) is 3. The van der Waals surface area contributed by atoms with E-state index in [1.54, 1.807) is 0 Å². The molecule has 3 nitrogen and oxygen atoms in total. The molecule has 0 amide bonds. The zero-order valence-corrected chi connectivity index (χ0v) is 11.9. The van der Waals surface area contributed by atoms with Gasteiger partial charge in [-0.1, -0.05) is 27.7 Å². The molecule has 1 saturated carbocycles. The predicted molar refractivity (Wildman–Crippen MR) is 72.9 cm³/mol. The molecule has 3 N–H and O–H groups in total. The molecule has 3 heteroatoms. The van der Waals surface area contributed by atoms with Crippen LogP contribution in [0.1, 0.15) is 47.0 Å². The van der Waals surface area contributed by atoms with Crippen molar-refractivity contribution in [2.24, 2.45) is 17.6 Å². The van der Waals surface area contributed by atoms with Gasteiger partial charge in [-0.3, -0.25) is 4.90 Å². The lowest BCUT2D eigenvalue weighted by atomic mass is 9.96. The van der Waals surface area contributed by atoms with Gasteiger partial charge < -0.3 is 10.8 Å². The second-order valence-corrected chi connectivity index (χ2v) is 6.37. The van der Waals surface area contributed by atoms with Gasteiger partial charge in [0, 0.05) is 24.7 Å². The first-order valence-corrected chi connectivity index (χ1v) is 7.07. The molecule has 0 radical (unpaired) electrons. The van der Waals surface area contributed by atoms with Gasteiger partial charge in [0.25, 0.3) is 0 Å². The van der Waals surface area contributed by atoms with Crippen LogP contribution in [0.2, 0.25) is 0 Å². The molecule has 0 aromatic carbocycles. The third kappa shape index (κ3) is 4.94. The molecule has 2 unspecified atom stereocenters. The molecule has 0 aliphatic heterocycles. The van der Waals surface area contributed by atoms with Crippen LogP contribution in [0, 0.1) is 11.8 Å². The number of nitrogens with zero attached hydrogens (tertiary/aromatic N) is 1. The highest BCUT2D eigenvalue weighted by molar-refractivity contribution is 4.93. The van der Waals surface area contributed by atoms with Crippen LogP contribution in [-0.4, -0.2) is 41.3 Å². The van der Waals surface area contributed by atoms with Gasteiger partial charge in [-0.2, -0.15) is 0 Å². The molecule has 1 fully saturated rings. The summed E-state index contributed by atoms with van der Waals surface area (Å²) < 4.78 is 0. The first-order chi connectivity index (χ1) is 7.95. The first-order valence-electron chi connectivity index (χ1n) is 7.07. The summed E-state index contributed by atoms with van der Waals surface area (Å²) in [5.41, 5.74) is 6.27. The van der Waals surface area contributed by atoms with Gasteiger partial charge in [0.15, 0.2) is 0 Å². The van der Waals surface area contributed by atoms with Gasteiger partial charge in [-0.15, -0.1) is 0 Å². The Balaban J connectivity index is 2.60. The number of hydrogen-bond donors (Lipinski definition) is 2. The van der Waals surface area contributed by atoms with E-state index in [1.165, 1.54) is 12.8 Å². The van der Waals surface area contributed by atoms with Crippen LogP contribution in [0.15, 0.2) is 0 Å². The van der Waals surface area contributed by atoms with Crippen molar-refractivity contribution in [2.75, 3.05) is 13.2 Å². The Morgan fingerprint density at radius 2 is 1.76 bits per heavy atom. The van der Waals surface area contributed by atoms with Gasteiger partial charge in [0.2, 0.25) is 0 Å². The Morgan fingerprint density at radius 1 is 1.18 bits per heavy atom. The van der Waals surface area contributed by atoms with Crippen molar-refractivity contribution in [3.05, 3.63) is 0 Å². The van der Waals surface area contributed by atoms with Crippen LogP contribution in [0.5, 0.6) is 0 Å². The first kappa shape index (κ1) is 14.9. The zero-order chi connectivity index (χ0) is 13.0. The molecular formula is C14H30N2O. The summed E-state index contributed by atoms with van der Waals surface area (Å²) in [5.74, 6) is 1.23. The fourth-order valence-electron chi connectivity index (χ4n) is 2.57. The van der Waals surface area contributed by atoms with E-state index < -0.39 is 0 Å². The van der Waals surface area contributed by atoms with Crippen molar-refractivity contribution in [1.29, 1.82) is 0 Å². The molecule has 0 heterocycles. The van der Waals surface area contributed by atoms with Crippen LogP contribution in [-0.2, 0) is 0 Å². The second kappa shape index (κ2) is 6.72. The molecule has 0 aromatic rings. The number of nitrogens with two attached hydrogens (primary N) is 1. The molecule has 1 aliphatic carbocycles. The average molecular weight is 242 g/mol. The topological polar surface area (TPSA) is 49.5 Å². The van der Waals surface area contributed by atoms with E-state index in [0.717, 1.165) is 13.0 Å². The van der Waals surface area contributed by atoms with Crippen LogP contribution in [0.3, 0.4) is 0 Å². The quantitative estimate of drug-likeness (QED) is 0.683. The lowest BCUT2D eigenvalue weighted by molar-refractivity contribution is 0.0814. The highest BCUT2D eigenvalue weighted by Gasteiger charge is 2.36.